The summed E-state index contributed by atoms with van der Waals surface area (Å²) in [7, 11) is 0. The smallest absolute Gasteiger partial charge is 0.147 e. The minimum atomic E-state index is -4.08. The zero-order chi connectivity index (χ0) is 31.7. The summed E-state index contributed by atoms with van der Waals surface area (Å²) in [5.74, 6) is 1.95. The van der Waals surface area contributed by atoms with Gasteiger partial charge < -0.3 is 0 Å². The van der Waals surface area contributed by atoms with E-state index < -0.39 is 17.4 Å². The predicted molar refractivity (Wildman–Crippen MR) is 207 cm³/mol. The van der Waals surface area contributed by atoms with Gasteiger partial charge in [-0.05, 0) is 0 Å². The van der Waals surface area contributed by atoms with Crippen molar-refractivity contribution in [1.82, 2.24) is 0 Å². The van der Waals surface area contributed by atoms with Crippen LogP contribution in [-0.2, 0) is 17.4 Å². The van der Waals surface area contributed by atoms with Gasteiger partial charge in [0.1, 0.15) is 0 Å². The standard InChI is InChI=1S/2C20H15O.2CH3.2ClH.H2Si.Zr/c2*1-14-10-16-12-17(20-8-5-9-21-20)13-19(16)18(11-14)15-6-3-2-4-7-15;;;;;;/h2*2-13H,1H3;2*1H3;2*1H;1H2;. The van der Waals surface area contributed by atoms with E-state index in [4.69, 9.17) is 8.83 Å². The molecular weight excluding hydrogens is 727 g/mol. The summed E-state index contributed by atoms with van der Waals surface area (Å²) in [6.45, 7) is 6.85. The average Bonchev–Trinajstić information content (AvgIpc) is 3.86. The molecule has 0 saturated carbocycles. The molecule has 0 spiro atoms. The monoisotopic (exact) mass is 764 g/mol. The molecule has 2 nitrogen and oxygen atoms in total. The molecule has 2 heterocycles. The molecule has 2 aliphatic carbocycles. The van der Waals surface area contributed by atoms with Gasteiger partial charge in [-0.3, -0.25) is 0 Å². The number of rotatable bonds is 6. The third-order valence-corrected chi connectivity index (χ3v) is 27.4. The zero-order valence-corrected chi connectivity index (χ0v) is 33.2. The largest absolute Gasteiger partial charge is 0.147 e. The molecule has 2 aromatic heterocycles. The SMILES string of the molecule is Cc1cc(-c2ccccc2)c2c(c1)[CH]([Zr]([CH3])([CH3])(=[SiH2])[CH]1C(c3ccco3)=Cc3c(-c4ccccc4)cc(C)cc31)C(c1ccco1)=C2.Cl.Cl. The van der Waals surface area contributed by atoms with E-state index in [0.29, 0.717) is 0 Å². The number of halogens is 2. The van der Waals surface area contributed by atoms with Crippen molar-refractivity contribution in [3.8, 4) is 22.3 Å². The minimum Gasteiger partial charge on any atom is -0.147 e. The third kappa shape index (κ3) is 5.61. The van der Waals surface area contributed by atoms with E-state index in [-0.39, 0.29) is 32.1 Å². The van der Waals surface area contributed by atoms with E-state index in [1.807, 2.05) is 24.7 Å². The molecule has 48 heavy (non-hydrogen) atoms. The van der Waals surface area contributed by atoms with E-state index in [0.717, 1.165) is 11.5 Å². The van der Waals surface area contributed by atoms with E-state index in [2.05, 4.69) is 139 Å². The Hall–Kier alpha value is -3.40. The maximum absolute atomic E-state index is 6.26. The summed E-state index contributed by atoms with van der Waals surface area (Å²) in [6, 6.07) is 39.7. The van der Waals surface area contributed by atoms with Crippen molar-refractivity contribution in [1.29, 1.82) is 0 Å². The molecule has 0 amide bonds. The first-order valence-electron chi connectivity index (χ1n) is 16.2. The van der Waals surface area contributed by atoms with Crippen molar-refractivity contribution in [2.45, 2.75) is 30.4 Å². The first-order chi connectivity index (χ1) is 22.2. The van der Waals surface area contributed by atoms with Gasteiger partial charge in [0.15, 0.2) is 0 Å². The van der Waals surface area contributed by atoms with Gasteiger partial charge >= 0.3 is 276 Å². The summed E-state index contributed by atoms with van der Waals surface area (Å²) in [5.41, 5.74) is 15.9. The van der Waals surface area contributed by atoms with Crippen molar-refractivity contribution >= 4 is 55.0 Å². The summed E-state index contributed by atoms with van der Waals surface area (Å²) >= 11 is -4.08. The predicted octanol–water partition coefficient (Wildman–Crippen LogP) is 11.9. The number of aryl methyl sites for hydroxylation is 2. The number of hydrogen-bond acceptors (Lipinski definition) is 2. The van der Waals surface area contributed by atoms with Crippen molar-refractivity contribution in [2.24, 2.45) is 0 Å². The number of fused-ring (bicyclic) bond motifs is 2. The fourth-order valence-corrected chi connectivity index (χ4v) is 26.8. The number of hydrogen-bond donors (Lipinski definition) is 0. The minimum absolute atomic E-state index is 0. The maximum Gasteiger partial charge on any atom is -0.147 e. The second-order valence-corrected chi connectivity index (χ2v) is 44.8. The second kappa shape index (κ2) is 12.8. The molecule has 6 aromatic rings. The van der Waals surface area contributed by atoms with Gasteiger partial charge in [0.05, 0.1) is 0 Å². The Kier molecular flexibility index (Phi) is 9.20. The quantitative estimate of drug-likeness (QED) is 0.158. The summed E-state index contributed by atoms with van der Waals surface area (Å²) in [4.78, 5) is 0. The molecule has 4 aromatic carbocycles. The van der Waals surface area contributed by atoms with Crippen LogP contribution in [0, 0.1) is 13.8 Å². The van der Waals surface area contributed by atoms with Crippen LogP contribution in [0.15, 0.2) is 131 Å². The van der Waals surface area contributed by atoms with Crippen LogP contribution in [0.2, 0.25) is 9.26 Å². The Morgan fingerprint density at radius 1 is 0.542 bits per heavy atom. The molecule has 0 radical (unpaired) electrons. The molecule has 0 saturated heterocycles. The Labute approximate surface area is 298 Å². The maximum atomic E-state index is 6.26. The fraction of sp³-hybridized carbons (Fsp3) is 0.143. The zero-order valence-electron chi connectivity index (χ0n) is 27.7. The van der Waals surface area contributed by atoms with Crippen molar-refractivity contribution in [3.05, 3.63) is 167 Å². The normalized spacial score (nSPS) is 16.7. The van der Waals surface area contributed by atoms with Crippen LogP contribution >= 0.6 is 24.8 Å². The average molecular weight is 767 g/mol. The van der Waals surface area contributed by atoms with Crippen LogP contribution in [-0.4, -0.2) is 6.88 Å². The Morgan fingerprint density at radius 3 is 1.29 bits per heavy atom. The summed E-state index contributed by atoms with van der Waals surface area (Å²) < 4.78 is 18.4. The van der Waals surface area contributed by atoms with Crippen molar-refractivity contribution in [3.63, 3.8) is 0 Å². The molecule has 2 aliphatic rings. The van der Waals surface area contributed by atoms with Crippen molar-refractivity contribution < 1.29 is 26.2 Å². The Morgan fingerprint density at radius 2 is 0.938 bits per heavy atom. The van der Waals surface area contributed by atoms with Crippen LogP contribution in [0.5, 0.6) is 0 Å². The van der Waals surface area contributed by atoms with Gasteiger partial charge in [-0.15, -0.1) is 24.8 Å². The van der Waals surface area contributed by atoms with Crippen LogP contribution in [0.3, 0.4) is 0 Å². The van der Waals surface area contributed by atoms with E-state index in [9.17, 15) is 0 Å². The molecule has 0 N–H and O–H groups in total. The van der Waals surface area contributed by atoms with Crippen molar-refractivity contribution in [2.75, 3.05) is 0 Å². The van der Waals surface area contributed by atoms with Crippen LogP contribution in [0.25, 0.3) is 45.6 Å². The Balaban J connectivity index is 0.00000201. The second-order valence-electron chi connectivity index (χ2n) is 14.3. The van der Waals surface area contributed by atoms with E-state index in [1.165, 1.54) is 66.8 Å². The molecule has 0 aliphatic heterocycles. The number of benzene rings is 4. The summed E-state index contributed by atoms with van der Waals surface area (Å²) in [6.07, 6.45) is 8.54. The van der Waals surface area contributed by atoms with Gasteiger partial charge in [0.25, 0.3) is 0 Å². The van der Waals surface area contributed by atoms with Gasteiger partial charge in [-0.1, -0.05) is 0 Å². The first-order valence-corrected chi connectivity index (χ1v) is 29.8. The molecule has 2 atom stereocenters. The topological polar surface area (TPSA) is 26.3 Å². The summed E-state index contributed by atoms with van der Waals surface area (Å²) in [5, 5.41) is 0. The number of allylic oxidation sites excluding steroid dienone is 2. The third-order valence-electron chi connectivity index (χ3n) is 10.2. The molecule has 0 bridgehead atoms. The van der Waals surface area contributed by atoms with Gasteiger partial charge in [0.2, 0.25) is 0 Å². The van der Waals surface area contributed by atoms with Crippen LogP contribution in [0.4, 0.5) is 0 Å². The van der Waals surface area contributed by atoms with Gasteiger partial charge in [-0.2, -0.15) is 0 Å². The molecule has 8 rings (SSSR count). The van der Waals surface area contributed by atoms with E-state index in [1.54, 1.807) is 0 Å². The molecule has 0 fully saturated rings. The molecular formula is C42H40Cl2O2SiZr. The molecule has 6 heteroatoms. The fourth-order valence-electron chi connectivity index (χ4n) is 8.50. The van der Waals surface area contributed by atoms with Crippen LogP contribution in [0.1, 0.15) is 52.2 Å². The van der Waals surface area contributed by atoms with Gasteiger partial charge in [-0.25, -0.2) is 0 Å². The molecule has 2 unspecified atom stereocenters. The number of furan rings is 2. The first kappa shape index (κ1) is 34.5. The van der Waals surface area contributed by atoms with Gasteiger partial charge in [0, 0.05) is 0 Å². The Bertz CT molecular complexity index is 2090. The van der Waals surface area contributed by atoms with Crippen LogP contribution < -0.4 is 0 Å². The van der Waals surface area contributed by atoms with E-state index >= 15 is 0 Å². The molecule has 242 valence electrons.